The van der Waals surface area contributed by atoms with Gasteiger partial charge in [-0.05, 0) is 36.1 Å². The third kappa shape index (κ3) is 3.75. The second kappa shape index (κ2) is 7.96. The molecule has 2 aliphatic rings. The summed E-state index contributed by atoms with van der Waals surface area (Å²) in [7, 11) is -0.192. The number of benzene rings is 1. The normalized spacial score (nSPS) is 19.3. The van der Waals surface area contributed by atoms with E-state index in [-0.39, 0.29) is 11.7 Å². The first-order chi connectivity index (χ1) is 14.7. The van der Waals surface area contributed by atoms with E-state index in [2.05, 4.69) is 9.88 Å². The first kappa shape index (κ1) is 21.9. The molecule has 1 saturated heterocycles. The Kier molecular flexibility index (Phi) is 5.61. The van der Waals surface area contributed by atoms with Crippen LogP contribution in [0.1, 0.15) is 18.4 Å². The first-order valence-electron chi connectivity index (χ1n) is 9.96. The fourth-order valence-electron chi connectivity index (χ4n) is 4.48. The number of nitrogens with two attached hydrogens (primary N) is 1. The molecule has 1 aromatic carbocycles. The first-order valence-corrected chi connectivity index (χ1v) is 11.9. The second-order valence-corrected chi connectivity index (χ2v) is 10.6. The molecule has 1 aromatic heterocycles. The van der Waals surface area contributed by atoms with Gasteiger partial charge in [0.25, 0.3) is 0 Å². The van der Waals surface area contributed by atoms with Gasteiger partial charge in [-0.1, -0.05) is 17.7 Å². The minimum absolute atomic E-state index is 0.0299. The standard InChI is InChI=1S/C21H25ClN4O4S/c1-25-18-4-3-14(9-15(18)12-31(25,28)29)16-10-24-11-17(22)19(16)26-7-5-21(6-8-26,13-30-2)20(23)27/h3-4,9-11H,5-8,12-13H2,1-2H3,(H2,23,27). The van der Waals surface area contributed by atoms with E-state index >= 15 is 0 Å². The van der Waals surface area contributed by atoms with Crippen LogP contribution in [0.25, 0.3) is 11.1 Å². The van der Waals surface area contributed by atoms with Crippen molar-refractivity contribution >= 4 is 38.9 Å². The number of rotatable bonds is 5. The summed E-state index contributed by atoms with van der Waals surface area (Å²) >= 11 is 6.57. The molecule has 0 aliphatic carbocycles. The van der Waals surface area contributed by atoms with Crippen molar-refractivity contribution in [2.45, 2.75) is 18.6 Å². The molecule has 2 aromatic rings. The highest BCUT2D eigenvalue weighted by atomic mass is 35.5. The van der Waals surface area contributed by atoms with Crippen molar-refractivity contribution in [3.8, 4) is 11.1 Å². The average Bonchev–Trinajstić information content (AvgIpc) is 2.96. The maximum atomic E-state index is 12.2. The van der Waals surface area contributed by atoms with E-state index in [9.17, 15) is 13.2 Å². The Labute approximate surface area is 187 Å². The van der Waals surface area contributed by atoms with Crippen LogP contribution in [0.4, 0.5) is 11.4 Å². The van der Waals surface area contributed by atoms with E-state index in [4.69, 9.17) is 22.1 Å². The largest absolute Gasteiger partial charge is 0.384 e. The molecule has 166 valence electrons. The maximum Gasteiger partial charge on any atom is 0.239 e. The molecular weight excluding hydrogens is 440 g/mol. The third-order valence-corrected chi connectivity index (χ3v) is 8.32. The van der Waals surface area contributed by atoms with E-state index in [1.54, 1.807) is 26.6 Å². The molecule has 2 aliphatic heterocycles. The number of carbonyl (C=O) groups excluding carboxylic acids is 1. The van der Waals surface area contributed by atoms with Gasteiger partial charge in [0, 0.05) is 45.2 Å². The Morgan fingerprint density at radius 2 is 2.00 bits per heavy atom. The highest BCUT2D eigenvalue weighted by Gasteiger charge is 2.41. The van der Waals surface area contributed by atoms with Crippen LogP contribution in [0.2, 0.25) is 5.02 Å². The van der Waals surface area contributed by atoms with Gasteiger partial charge in [-0.25, -0.2) is 8.42 Å². The summed E-state index contributed by atoms with van der Waals surface area (Å²) in [5, 5.41) is 0.501. The number of fused-ring (bicyclic) bond motifs is 1. The molecule has 1 amide bonds. The average molecular weight is 465 g/mol. The lowest BCUT2D eigenvalue weighted by molar-refractivity contribution is -0.132. The van der Waals surface area contributed by atoms with E-state index in [0.29, 0.717) is 43.2 Å². The number of carbonyl (C=O) groups is 1. The van der Waals surface area contributed by atoms with Crippen LogP contribution in [-0.4, -0.2) is 53.2 Å². The number of aromatic nitrogens is 1. The lowest BCUT2D eigenvalue weighted by Gasteiger charge is -2.41. The van der Waals surface area contributed by atoms with Gasteiger partial charge in [-0.15, -0.1) is 0 Å². The van der Waals surface area contributed by atoms with E-state index in [0.717, 1.165) is 22.4 Å². The zero-order chi connectivity index (χ0) is 22.4. The maximum absolute atomic E-state index is 12.2. The van der Waals surface area contributed by atoms with Crippen molar-refractivity contribution in [2.75, 3.05) is 43.1 Å². The van der Waals surface area contributed by atoms with Crippen LogP contribution in [-0.2, 0) is 25.3 Å². The quantitative estimate of drug-likeness (QED) is 0.728. The van der Waals surface area contributed by atoms with E-state index < -0.39 is 15.4 Å². The second-order valence-electron chi connectivity index (χ2n) is 8.15. The number of hydrogen-bond acceptors (Lipinski definition) is 6. The number of amides is 1. The third-order valence-electron chi connectivity index (χ3n) is 6.34. The van der Waals surface area contributed by atoms with Gasteiger partial charge < -0.3 is 15.4 Å². The molecule has 3 heterocycles. The van der Waals surface area contributed by atoms with Crippen molar-refractivity contribution in [3.63, 3.8) is 0 Å². The minimum atomic E-state index is -3.32. The summed E-state index contributed by atoms with van der Waals surface area (Å²) in [6.45, 7) is 1.47. The van der Waals surface area contributed by atoms with Crippen LogP contribution < -0.4 is 14.9 Å². The number of primary amides is 1. The number of sulfonamides is 1. The molecule has 0 spiro atoms. The molecule has 0 unspecified atom stereocenters. The minimum Gasteiger partial charge on any atom is -0.384 e. The summed E-state index contributed by atoms with van der Waals surface area (Å²) in [6, 6.07) is 5.58. The summed E-state index contributed by atoms with van der Waals surface area (Å²) < 4.78 is 31.1. The van der Waals surface area contributed by atoms with Gasteiger partial charge in [-0.3, -0.25) is 14.1 Å². The van der Waals surface area contributed by atoms with Crippen LogP contribution in [0.15, 0.2) is 30.6 Å². The Balaban J connectivity index is 1.68. The monoisotopic (exact) mass is 464 g/mol. The summed E-state index contributed by atoms with van der Waals surface area (Å²) in [4.78, 5) is 18.5. The Hall–Kier alpha value is -2.36. The molecule has 0 saturated carbocycles. The Morgan fingerprint density at radius 1 is 1.29 bits per heavy atom. The van der Waals surface area contributed by atoms with Gasteiger partial charge in [0.2, 0.25) is 15.9 Å². The number of piperidine rings is 1. The zero-order valence-corrected chi connectivity index (χ0v) is 19.0. The highest BCUT2D eigenvalue weighted by molar-refractivity contribution is 7.92. The topological polar surface area (TPSA) is 106 Å². The number of halogens is 1. The van der Waals surface area contributed by atoms with Gasteiger partial charge in [0.15, 0.2) is 0 Å². The summed E-state index contributed by atoms with van der Waals surface area (Å²) in [5.41, 5.74) is 8.92. The number of hydrogen-bond donors (Lipinski definition) is 1. The van der Waals surface area contributed by atoms with Gasteiger partial charge in [-0.2, -0.15) is 0 Å². The molecule has 10 heteroatoms. The molecular formula is C21H25ClN4O4S. The highest BCUT2D eigenvalue weighted by Crippen LogP contribution is 2.42. The number of nitrogens with zero attached hydrogens (tertiary/aromatic N) is 3. The molecule has 0 atom stereocenters. The van der Waals surface area contributed by atoms with Crippen molar-refractivity contribution in [1.29, 1.82) is 0 Å². The van der Waals surface area contributed by atoms with Crippen LogP contribution in [0, 0.1) is 5.41 Å². The zero-order valence-electron chi connectivity index (χ0n) is 17.5. The van der Waals surface area contributed by atoms with E-state index in [1.807, 2.05) is 18.2 Å². The molecule has 2 N–H and O–H groups in total. The summed E-state index contributed by atoms with van der Waals surface area (Å²) in [6.07, 6.45) is 4.45. The Morgan fingerprint density at radius 3 is 2.65 bits per heavy atom. The van der Waals surface area contributed by atoms with Gasteiger partial charge >= 0.3 is 0 Å². The van der Waals surface area contributed by atoms with Crippen molar-refractivity contribution in [2.24, 2.45) is 11.1 Å². The van der Waals surface area contributed by atoms with Crippen molar-refractivity contribution in [3.05, 3.63) is 41.2 Å². The lowest BCUT2D eigenvalue weighted by Crippen LogP contribution is -2.49. The van der Waals surface area contributed by atoms with Crippen LogP contribution in [0.5, 0.6) is 0 Å². The molecule has 8 nitrogen and oxygen atoms in total. The van der Waals surface area contributed by atoms with Crippen molar-refractivity contribution < 1.29 is 17.9 Å². The molecule has 0 radical (unpaired) electrons. The van der Waals surface area contributed by atoms with Gasteiger partial charge in [0.05, 0.1) is 34.2 Å². The fourth-order valence-corrected chi connectivity index (χ4v) is 6.05. The number of ether oxygens (including phenoxy) is 1. The summed E-state index contributed by atoms with van der Waals surface area (Å²) in [5.74, 6) is -0.378. The number of anilines is 2. The molecule has 4 rings (SSSR count). The molecule has 31 heavy (non-hydrogen) atoms. The van der Waals surface area contributed by atoms with E-state index in [1.165, 1.54) is 4.31 Å². The molecule has 0 bridgehead atoms. The predicted octanol–water partition coefficient (Wildman–Crippen LogP) is 2.40. The van der Waals surface area contributed by atoms with Gasteiger partial charge in [0.1, 0.15) is 0 Å². The number of methoxy groups -OCH3 is 1. The van der Waals surface area contributed by atoms with Crippen molar-refractivity contribution in [1.82, 2.24) is 4.98 Å². The predicted molar refractivity (Wildman–Crippen MR) is 121 cm³/mol. The smallest absolute Gasteiger partial charge is 0.239 e. The number of pyridine rings is 1. The molecule has 1 fully saturated rings. The Bertz CT molecular complexity index is 1130. The lowest BCUT2D eigenvalue weighted by atomic mass is 9.78. The van der Waals surface area contributed by atoms with Crippen LogP contribution >= 0.6 is 11.6 Å². The SMILES string of the molecule is COCC1(C(N)=O)CCN(c2c(Cl)cncc2-c2ccc3c(c2)CS(=O)(=O)N3C)CC1. The van der Waals surface area contributed by atoms with Crippen LogP contribution in [0.3, 0.4) is 0 Å². The fraction of sp³-hybridized carbons (Fsp3) is 0.429.